The second-order valence-corrected chi connectivity index (χ2v) is 25.5. The first kappa shape index (κ1) is 52.7. The van der Waals surface area contributed by atoms with Gasteiger partial charge in [-0.2, -0.15) is 0 Å². The highest BCUT2D eigenvalue weighted by molar-refractivity contribution is 6.38. The first-order valence-electron chi connectivity index (χ1n) is 33.1. The minimum Gasteiger partial charge on any atom is -0.310 e. The molecule has 0 atom stereocenters. The van der Waals surface area contributed by atoms with Crippen molar-refractivity contribution >= 4 is 154 Å². The maximum absolute atomic E-state index is 2.62. The highest BCUT2D eigenvalue weighted by atomic mass is 15.2. The van der Waals surface area contributed by atoms with Gasteiger partial charge in [-0.05, 0) is 145 Å². The molecule has 6 heterocycles. The number of nitrogens with zero attached hydrogens (tertiary/aromatic N) is 6. The van der Waals surface area contributed by atoms with Gasteiger partial charge in [-0.25, -0.2) is 0 Å². The summed E-state index contributed by atoms with van der Waals surface area (Å²) in [6, 6.07) is 125. The van der Waals surface area contributed by atoms with E-state index in [9.17, 15) is 0 Å². The third-order valence-electron chi connectivity index (χ3n) is 20.5. The number of anilines is 6. The van der Waals surface area contributed by atoms with Crippen molar-refractivity contribution in [1.82, 2.24) is 17.9 Å². The maximum atomic E-state index is 2.62. The topological polar surface area (TPSA) is 25.2 Å². The van der Waals surface area contributed by atoms with Crippen molar-refractivity contribution in [3.8, 4) is 33.6 Å². The van der Waals surface area contributed by atoms with Crippen LogP contribution in [0.4, 0.5) is 34.1 Å². The summed E-state index contributed by atoms with van der Waals surface area (Å²) in [6.07, 6.45) is 0. The molecule has 0 radical (unpaired) electrons. The van der Waals surface area contributed by atoms with Crippen molar-refractivity contribution < 1.29 is 0 Å². The van der Waals surface area contributed by atoms with Crippen molar-refractivity contribution in [2.45, 2.75) is 0 Å². The zero-order valence-corrected chi connectivity index (χ0v) is 52.0. The van der Waals surface area contributed by atoms with E-state index < -0.39 is 0 Å². The molecule has 0 amide bonds. The van der Waals surface area contributed by atoms with Crippen LogP contribution in [0.2, 0.25) is 0 Å². The van der Waals surface area contributed by atoms with E-state index in [2.05, 4.69) is 367 Å². The molecule has 0 aliphatic rings. The Balaban J connectivity index is 0.809. The van der Waals surface area contributed by atoms with Gasteiger partial charge in [-0.3, -0.25) is 0 Å². The monoisotopic (exact) mass is 1220 g/mol. The molecule has 0 bridgehead atoms. The lowest BCUT2D eigenvalue weighted by Crippen LogP contribution is -2.09. The number of hydrogen-bond acceptors (Lipinski definition) is 2. The van der Waals surface area contributed by atoms with Crippen LogP contribution in [-0.4, -0.2) is 17.9 Å². The van der Waals surface area contributed by atoms with Crippen LogP contribution in [0, 0.1) is 0 Å². The number of hydrogen-bond donors (Lipinski definition) is 0. The Morgan fingerprint density at radius 3 is 0.865 bits per heavy atom. The summed E-state index contributed by atoms with van der Waals surface area (Å²) in [5.41, 5.74) is 25.6. The van der Waals surface area contributed by atoms with Gasteiger partial charge in [0.15, 0.2) is 0 Å². The Morgan fingerprint density at radius 2 is 0.479 bits per heavy atom. The summed E-state index contributed by atoms with van der Waals surface area (Å²) < 4.78 is 10.0. The summed E-state index contributed by atoms with van der Waals surface area (Å²) in [7, 11) is 0. The van der Waals surface area contributed by atoms with Crippen LogP contribution in [-0.2, 0) is 0 Å². The number of benzene rings is 15. The molecule has 0 unspecified atom stereocenters. The highest BCUT2D eigenvalue weighted by Gasteiger charge is 2.32. The number of aromatic nitrogens is 4. The smallest absolute Gasteiger partial charge is 0.0634 e. The van der Waals surface area contributed by atoms with Crippen molar-refractivity contribution in [3.05, 3.63) is 340 Å². The van der Waals surface area contributed by atoms with Gasteiger partial charge in [0, 0.05) is 121 Å². The van der Waals surface area contributed by atoms with Gasteiger partial charge in [-0.1, -0.05) is 206 Å². The Morgan fingerprint density at radius 1 is 0.188 bits per heavy atom. The van der Waals surface area contributed by atoms with E-state index >= 15 is 0 Å². The van der Waals surface area contributed by atoms with Gasteiger partial charge in [0.05, 0.1) is 55.2 Å². The summed E-state index contributed by atoms with van der Waals surface area (Å²) in [4.78, 5) is 4.87. The molecule has 0 saturated carbocycles. The van der Waals surface area contributed by atoms with Gasteiger partial charge in [0.25, 0.3) is 0 Å². The number of para-hydroxylation sites is 8. The second kappa shape index (κ2) is 20.3. The van der Waals surface area contributed by atoms with Crippen LogP contribution in [0.5, 0.6) is 0 Å². The lowest BCUT2D eigenvalue weighted by Gasteiger charge is -2.26. The zero-order valence-electron chi connectivity index (χ0n) is 52.0. The van der Waals surface area contributed by atoms with E-state index in [4.69, 9.17) is 0 Å². The fraction of sp³-hybridized carbons (Fsp3) is 0. The summed E-state index contributed by atoms with van der Waals surface area (Å²) in [5, 5.41) is 14.7. The van der Waals surface area contributed by atoms with Crippen molar-refractivity contribution in [1.29, 1.82) is 0 Å². The maximum Gasteiger partial charge on any atom is 0.0634 e. The Bertz CT molecular complexity index is 6260. The predicted octanol–water partition coefficient (Wildman–Crippen LogP) is 24.5. The van der Waals surface area contributed by atoms with Gasteiger partial charge in [0.2, 0.25) is 0 Å². The van der Waals surface area contributed by atoms with Crippen molar-refractivity contribution in [2.24, 2.45) is 0 Å². The normalized spacial score (nSPS) is 12.2. The average molecular weight is 1220 g/mol. The molecule has 0 aliphatic heterocycles. The summed E-state index contributed by atoms with van der Waals surface area (Å²) >= 11 is 0. The van der Waals surface area contributed by atoms with E-state index in [1.54, 1.807) is 0 Å². The SMILES string of the molecule is c1ccc(-c2c3c4cccc5c6cc(N(c7ccccc7)c7ccc8c(c7)c7ccccc7n8-c7ccccc7)ccc6n(c3c(-c3ccccc3)c3c6cccc7c8cc(N(c9ccccc9)c9ccc%10c(c9)c9ccccc9n%10-c9ccccc9)ccc8n(c23)c76)c54)cc1. The summed E-state index contributed by atoms with van der Waals surface area (Å²) in [6.45, 7) is 0. The first-order chi connectivity index (χ1) is 47.7. The minimum absolute atomic E-state index is 1.09. The fourth-order valence-corrected chi connectivity index (χ4v) is 16.7. The van der Waals surface area contributed by atoms with Gasteiger partial charge in [0.1, 0.15) is 0 Å². The lowest BCUT2D eigenvalue weighted by atomic mass is 9.89. The molecule has 0 fully saturated rings. The molecule has 6 aromatic heterocycles. The van der Waals surface area contributed by atoms with Crippen molar-refractivity contribution in [3.63, 3.8) is 0 Å². The molecular formula is C90H56N6. The molecule has 15 aromatic carbocycles. The van der Waals surface area contributed by atoms with Crippen LogP contribution in [0.1, 0.15) is 0 Å². The molecular weight excluding hydrogens is 1170 g/mol. The van der Waals surface area contributed by atoms with E-state index in [0.29, 0.717) is 0 Å². The molecule has 0 aliphatic carbocycles. The van der Waals surface area contributed by atoms with Gasteiger partial charge in [-0.15, -0.1) is 0 Å². The molecule has 6 heteroatoms. The van der Waals surface area contributed by atoms with Crippen LogP contribution in [0.25, 0.3) is 153 Å². The van der Waals surface area contributed by atoms with Gasteiger partial charge >= 0.3 is 0 Å². The van der Waals surface area contributed by atoms with Crippen LogP contribution < -0.4 is 9.80 Å². The second-order valence-electron chi connectivity index (χ2n) is 25.5. The van der Waals surface area contributed by atoms with Crippen LogP contribution >= 0.6 is 0 Å². The quantitative estimate of drug-likeness (QED) is 0.136. The molecule has 446 valence electrons. The number of rotatable bonds is 10. The number of fused-ring (bicyclic) bond motifs is 18. The van der Waals surface area contributed by atoms with E-state index in [1.807, 2.05) is 0 Å². The zero-order chi connectivity index (χ0) is 62.7. The first-order valence-corrected chi connectivity index (χ1v) is 33.1. The highest BCUT2D eigenvalue weighted by Crippen LogP contribution is 2.55. The molecule has 21 aromatic rings. The fourth-order valence-electron chi connectivity index (χ4n) is 16.7. The Hall–Kier alpha value is -12.9. The standard InChI is InChI=1S/C90H56N6/c1-7-25-57(26-8-1)83-85-71-41-23-39-69-76-56-66(92(60-31-13-4-14-32-60)64-46-50-80-74(54-64)68-38-20-22-44-78(68)94(80)62-35-17-6-18-36-62)48-52-82(76)96(87(69)71)90(85)84(58-27-9-2-10-28-58)86-72-42-24-40-70-75-55-65(47-51-81(75)95(88(70)72)89(83)86)91(59-29-11-3-12-30-59)63-45-49-79-73(53-63)67-37-19-21-43-77(67)93(79)61-33-15-5-16-34-61/h1-56H. The van der Waals surface area contributed by atoms with E-state index in [-0.39, 0.29) is 0 Å². The van der Waals surface area contributed by atoms with Crippen LogP contribution in [0.15, 0.2) is 340 Å². The van der Waals surface area contributed by atoms with Gasteiger partial charge < -0.3 is 27.7 Å². The molecule has 0 N–H and O–H groups in total. The minimum atomic E-state index is 1.09. The van der Waals surface area contributed by atoms with E-state index in [0.717, 1.165) is 45.5 Å². The van der Waals surface area contributed by atoms with E-state index in [1.165, 1.54) is 142 Å². The average Bonchev–Trinajstić information content (AvgIpc) is 1.49. The Labute approximate surface area is 551 Å². The largest absolute Gasteiger partial charge is 0.310 e. The molecule has 0 saturated heterocycles. The lowest BCUT2D eigenvalue weighted by molar-refractivity contribution is 1.18. The third kappa shape index (κ3) is 7.40. The third-order valence-corrected chi connectivity index (χ3v) is 20.5. The Kier molecular flexibility index (Phi) is 11.1. The molecule has 96 heavy (non-hydrogen) atoms. The van der Waals surface area contributed by atoms with Crippen LogP contribution in [0.3, 0.4) is 0 Å². The van der Waals surface area contributed by atoms with Crippen molar-refractivity contribution in [2.75, 3.05) is 9.80 Å². The molecule has 6 nitrogen and oxygen atoms in total. The molecule has 21 rings (SSSR count). The summed E-state index contributed by atoms with van der Waals surface area (Å²) in [5.74, 6) is 0. The molecule has 0 spiro atoms. The predicted molar refractivity (Wildman–Crippen MR) is 405 cm³/mol.